The summed E-state index contributed by atoms with van der Waals surface area (Å²) in [6, 6.07) is 8.70. The molecule has 0 unspecified atom stereocenters. The molecule has 1 aliphatic rings. The first-order valence-electron chi connectivity index (χ1n) is 6.01. The van der Waals surface area contributed by atoms with E-state index in [1.54, 1.807) is 0 Å². The van der Waals surface area contributed by atoms with Crippen LogP contribution in [0.1, 0.15) is 31.7 Å². The third kappa shape index (κ3) is 2.78. The number of rotatable bonds is 4. The van der Waals surface area contributed by atoms with Crippen LogP contribution in [0.15, 0.2) is 27.8 Å². The first-order chi connectivity index (χ1) is 7.81. The van der Waals surface area contributed by atoms with E-state index in [9.17, 15) is 0 Å². The lowest BCUT2D eigenvalue weighted by molar-refractivity contribution is 0.691. The summed E-state index contributed by atoms with van der Waals surface area (Å²) in [6.45, 7) is 4.53. The van der Waals surface area contributed by atoms with E-state index in [2.05, 4.69) is 64.8 Å². The molecule has 1 aliphatic heterocycles. The summed E-state index contributed by atoms with van der Waals surface area (Å²) in [4.78, 5) is 2.51. The second-order valence-corrected chi connectivity index (χ2v) is 5.66. The third-order valence-electron chi connectivity index (χ3n) is 2.96. The van der Waals surface area contributed by atoms with Crippen molar-refractivity contribution in [2.24, 2.45) is 0 Å². The van der Waals surface area contributed by atoms with Crippen LogP contribution < -0.4 is 4.90 Å². The van der Waals surface area contributed by atoms with E-state index >= 15 is 0 Å². The van der Waals surface area contributed by atoms with Gasteiger partial charge in [0.15, 0.2) is 0 Å². The Morgan fingerprint density at radius 3 is 2.88 bits per heavy atom. The van der Waals surface area contributed by atoms with E-state index in [1.807, 2.05) is 0 Å². The molecule has 2 heteroatoms. The maximum atomic E-state index is 2.51. The molecule has 0 amide bonds. The molecule has 16 heavy (non-hydrogen) atoms. The van der Waals surface area contributed by atoms with Gasteiger partial charge in [-0.1, -0.05) is 38.0 Å². The number of hydrogen-bond acceptors (Lipinski definition) is 1. The van der Waals surface area contributed by atoms with E-state index in [-0.39, 0.29) is 0 Å². The van der Waals surface area contributed by atoms with Crippen LogP contribution in [0.25, 0.3) is 6.08 Å². The molecule has 0 fully saturated rings. The van der Waals surface area contributed by atoms with Gasteiger partial charge in [0.1, 0.15) is 0 Å². The van der Waals surface area contributed by atoms with E-state index in [1.165, 1.54) is 40.6 Å². The Hall–Kier alpha value is -0.510. The molecule has 1 heterocycles. The molecular weight excluding hydrogens is 309 g/mol. The largest absolute Gasteiger partial charge is 0.366 e. The zero-order valence-electron chi connectivity index (χ0n) is 9.75. The second-order valence-electron chi connectivity index (χ2n) is 4.28. The van der Waals surface area contributed by atoms with Crippen molar-refractivity contribution in [3.63, 3.8) is 0 Å². The predicted octanol–water partition coefficient (Wildman–Crippen LogP) is 4.47. The van der Waals surface area contributed by atoms with Crippen molar-refractivity contribution in [1.82, 2.24) is 0 Å². The van der Waals surface area contributed by atoms with Crippen LogP contribution in [0.2, 0.25) is 0 Å². The molecule has 0 atom stereocenters. The number of fused-ring (bicyclic) bond motifs is 1. The summed E-state index contributed by atoms with van der Waals surface area (Å²) in [7, 11) is 0. The zero-order valence-corrected chi connectivity index (χ0v) is 11.9. The lowest BCUT2D eigenvalue weighted by Gasteiger charge is -2.29. The van der Waals surface area contributed by atoms with Crippen LogP contribution in [0.5, 0.6) is 0 Å². The lowest BCUT2D eigenvalue weighted by Crippen LogP contribution is -2.28. The molecule has 0 saturated carbocycles. The van der Waals surface area contributed by atoms with Gasteiger partial charge in [-0.05, 0) is 46.7 Å². The van der Waals surface area contributed by atoms with Gasteiger partial charge < -0.3 is 4.90 Å². The summed E-state index contributed by atoms with van der Waals surface area (Å²) in [5.74, 6) is 0. The summed E-state index contributed by atoms with van der Waals surface area (Å²) in [6.07, 6.45) is 6.22. The van der Waals surface area contributed by atoms with Crippen LogP contribution in [0, 0.1) is 0 Å². The summed E-state index contributed by atoms with van der Waals surface area (Å²) in [5, 5.41) is 0. The lowest BCUT2D eigenvalue weighted by atomic mass is 10.1. The van der Waals surface area contributed by atoms with Crippen LogP contribution in [0.4, 0.5) is 5.69 Å². The Kier molecular flexibility index (Phi) is 4.27. The van der Waals surface area contributed by atoms with Gasteiger partial charge in [0.2, 0.25) is 0 Å². The molecule has 0 saturated heterocycles. The van der Waals surface area contributed by atoms with Crippen molar-refractivity contribution < 1.29 is 0 Å². The Balaban J connectivity index is 2.13. The minimum Gasteiger partial charge on any atom is -0.366 e. The van der Waals surface area contributed by atoms with Crippen molar-refractivity contribution in [1.29, 1.82) is 0 Å². The molecule has 2 rings (SSSR count). The minimum absolute atomic E-state index is 1.08. The molecule has 0 aromatic heterocycles. The van der Waals surface area contributed by atoms with Crippen molar-refractivity contribution in [2.45, 2.75) is 26.2 Å². The predicted molar refractivity (Wildman–Crippen MR) is 80.2 cm³/mol. The fourth-order valence-electron chi connectivity index (χ4n) is 2.13. The molecule has 0 radical (unpaired) electrons. The highest BCUT2D eigenvalue weighted by atomic mass is 127. The quantitative estimate of drug-likeness (QED) is 0.582. The Morgan fingerprint density at radius 1 is 1.25 bits per heavy atom. The fourth-order valence-corrected chi connectivity index (χ4v) is 2.88. The van der Waals surface area contributed by atoms with Gasteiger partial charge in [-0.25, -0.2) is 0 Å². The third-order valence-corrected chi connectivity index (χ3v) is 3.62. The normalized spacial score (nSPS) is 14.6. The van der Waals surface area contributed by atoms with Crippen LogP contribution >= 0.6 is 22.6 Å². The number of benzene rings is 1. The number of nitrogens with zero attached hydrogens (tertiary/aromatic N) is 1. The van der Waals surface area contributed by atoms with Gasteiger partial charge >= 0.3 is 0 Å². The van der Waals surface area contributed by atoms with Gasteiger partial charge in [0.25, 0.3) is 0 Å². The number of unbranched alkanes of at least 4 members (excludes halogenated alkanes) is 2. The maximum absolute atomic E-state index is 2.51. The maximum Gasteiger partial charge on any atom is 0.0487 e. The van der Waals surface area contributed by atoms with Gasteiger partial charge in [-0.15, -0.1) is 0 Å². The molecule has 1 aromatic carbocycles. The molecule has 86 valence electrons. The average molecular weight is 327 g/mol. The monoisotopic (exact) mass is 327 g/mol. The van der Waals surface area contributed by atoms with Gasteiger partial charge in [0, 0.05) is 22.4 Å². The second kappa shape index (κ2) is 5.71. The van der Waals surface area contributed by atoms with Crippen LogP contribution in [0.3, 0.4) is 0 Å². The average Bonchev–Trinajstić information content (AvgIpc) is 2.29. The number of halogens is 1. The summed E-state index contributed by atoms with van der Waals surface area (Å²) < 4.78 is 1.44. The zero-order chi connectivity index (χ0) is 11.4. The smallest absolute Gasteiger partial charge is 0.0487 e. The molecular formula is C14H18IN. The number of anilines is 1. The minimum atomic E-state index is 1.08. The molecule has 0 aliphatic carbocycles. The highest BCUT2D eigenvalue weighted by Crippen LogP contribution is 2.30. The molecule has 0 bridgehead atoms. The molecule has 1 aromatic rings. The fraction of sp³-hybridized carbons (Fsp3) is 0.429. The van der Waals surface area contributed by atoms with E-state index in [0.717, 1.165) is 6.54 Å². The summed E-state index contributed by atoms with van der Waals surface area (Å²) in [5.41, 5.74) is 2.77. The van der Waals surface area contributed by atoms with Gasteiger partial charge in [0.05, 0.1) is 0 Å². The van der Waals surface area contributed by atoms with E-state index in [0.29, 0.717) is 0 Å². The van der Waals surface area contributed by atoms with Gasteiger partial charge in [-0.3, -0.25) is 0 Å². The molecule has 0 spiro atoms. The van der Waals surface area contributed by atoms with Crippen molar-refractivity contribution in [3.8, 4) is 0 Å². The standard InChI is InChI=1S/C14H18IN/c1-2-3-6-9-16-11-13(15)10-12-7-4-5-8-14(12)16/h4-5,7-8,10H,2-3,6,9,11H2,1H3. The van der Waals surface area contributed by atoms with Crippen molar-refractivity contribution >= 4 is 34.4 Å². The molecule has 0 N–H and O–H groups in total. The van der Waals surface area contributed by atoms with Crippen LogP contribution in [-0.4, -0.2) is 13.1 Å². The van der Waals surface area contributed by atoms with E-state index < -0.39 is 0 Å². The SMILES string of the molecule is CCCCCN1CC(I)=Cc2ccccc21. The van der Waals surface area contributed by atoms with E-state index in [4.69, 9.17) is 0 Å². The Morgan fingerprint density at radius 2 is 2.06 bits per heavy atom. The Bertz CT molecular complexity index is 384. The van der Waals surface area contributed by atoms with Crippen molar-refractivity contribution in [2.75, 3.05) is 18.0 Å². The number of para-hydroxylation sites is 1. The highest BCUT2D eigenvalue weighted by Gasteiger charge is 2.15. The molecule has 1 nitrogen and oxygen atoms in total. The highest BCUT2D eigenvalue weighted by molar-refractivity contribution is 14.1. The van der Waals surface area contributed by atoms with Gasteiger partial charge in [-0.2, -0.15) is 0 Å². The number of hydrogen-bond donors (Lipinski definition) is 0. The van der Waals surface area contributed by atoms with Crippen LogP contribution in [-0.2, 0) is 0 Å². The topological polar surface area (TPSA) is 3.24 Å². The van der Waals surface area contributed by atoms with Crippen molar-refractivity contribution in [3.05, 3.63) is 33.4 Å². The first kappa shape index (κ1) is 12.0. The first-order valence-corrected chi connectivity index (χ1v) is 7.09. The Labute approximate surface area is 112 Å². The summed E-state index contributed by atoms with van der Waals surface area (Å²) >= 11 is 2.45.